The highest BCUT2D eigenvalue weighted by Crippen LogP contribution is 2.26. The number of nitrogens with zero attached hydrogens (tertiary/aromatic N) is 1. The molecule has 0 aromatic heterocycles. The van der Waals surface area contributed by atoms with Crippen molar-refractivity contribution >= 4 is 17.6 Å². The largest absolute Gasteiger partial charge is 0.478 e. The van der Waals surface area contributed by atoms with Gasteiger partial charge in [-0.3, -0.25) is 10.8 Å². The molecule has 30 heavy (non-hydrogen) atoms. The Kier molecular flexibility index (Phi) is 6.84. The molecule has 7 heteroatoms. The van der Waals surface area contributed by atoms with Gasteiger partial charge in [-0.25, -0.2) is 4.79 Å². The predicted octanol–water partition coefficient (Wildman–Crippen LogP) is 3.13. The minimum atomic E-state index is -0.977. The van der Waals surface area contributed by atoms with Crippen LogP contribution in [-0.4, -0.2) is 47.3 Å². The minimum Gasteiger partial charge on any atom is -0.478 e. The number of amidine groups is 2. The molecule has 7 nitrogen and oxygen atoms in total. The van der Waals surface area contributed by atoms with Gasteiger partial charge in [0.1, 0.15) is 5.84 Å². The lowest BCUT2D eigenvalue weighted by Gasteiger charge is -2.32. The maximum absolute atomic E-state index is 11.9. The molecule has 2 aromatic carbocycles. The van der Waals surface area contributed by atoms with Gasteiger partial charge in [-0.1, -0.05) is 30.3 Å². The van der Waals surface area contributed by atoms with Gasteiger partial charge in [0.25, 0.3) is 0 Å². The van der Waals surface area contributed by atoms with Crippen molar-refractivity contribution in [2.75, 3.05) is 19.6 Å². The molecular weight excluding hydrogens is 378 g/mol. The van der Waals surface area contributed by atoms with E-state index < -0.39 is 5.97 Å². The summed E-state index contributed by atoms with van der Waals surface area (Å²) in [7, 11) is 0. The Labute approximate surface area is 176 Å². The average Bonchev–Trinajstić information content (AvgIpc) is 2.74. The van der Waals surface area contributed by atoms with E-state index in [0.717, 1.165) is 43.6 Å². The Morgan fingerprint density at radius 2 is 1.93 bits per heavy atom. The molecule has 0 aliphatic carbocycles. The van der Waals surface area contributed by atoms with Gasteiger partial charge in [0.2, 0.25) is 0 Å². The summed E-state index contributed by atoms with van der Waals surface area (Å²) in [5.74, 6) is 0.190. The summed E-state index contributed by atoms with van der Waals surface area (Å²) in [6.45, 7) is 5.18. The van der Waals surface area contributed by atoms with Gasteiger partial charge in [-0.05, 0) is 61.1 Å². The maximum Gasteiger partial charge on any atom is 0.336 e. The standard InChI is InChI=1S/C23H29N5O2/c1-15(24)28-9-7-16(8-10-28)13-27-14-17-5-6-20(21(11-17)23(29)30)18-3-2-4-19(12-18)22(25)26/h2-6,11-12,16,24,27H,7-10,13-14H2,1H3,(H3,25,26)(H,29,30). The number of benzene rings is 2. The van der Waals surface area contributed by atoms with E-state index in [-0.39, 0.29) is 11.4 Å². The first-order valence-electron chi connectivity index (χ1n) is 10.2. The summed E-state index contributed by atoms with van der Waals surface area (Å²) in [6.07, 6.45) is 2.13. The van der Waals surface area contributed by atoms with Crippen LogP contribution in [0.2, 0.25) is 0 Å². The summed E-state index contributed by atoms with van der Waals surface area (Å²) in [6, 6.07) is 12.6. The minimum absolute atomic E-state index is 0.0452. The molecule has 1 saturated heterocycles. The molecule has 1 aliphatic heterocycles. The third kappa shape index (κ3) is 5.24. The number of aromatic carboxylic acids is 1. The molecule has 0 amide bonds. The van der Waals surface area contributed by atoms with Crippen molar-refractivity contribution in [1.82, 2.24) is 10.2 Å². The number of hydrogen-bond donors (Lipinski definition) is 5. The number of piperidine rings is 1. The molecule has 0 spiro atoms. The number of nitrogens with two attached hydrogens (primary N) is 1. The molecule has 2 aromatic rings. The second-order valence-electron chi connectivity index (χ2n) is 7.83. The van der Waals surface area contributed by atoms with Crippen LogP contribution in [-0.2, 0) is 6.54 Å². The summed E-state index contributed by atoms with van der Waals surface area (Å²) in [5, 5.41) is 28.5. The van der Waals surface area contributed by atoms with Gasteiger partial charge in [0.15, 0.2) is 0 Å². The number of rotatable bonds is 7. The molecule has 158 valence electrons. The van der Waals surface area contributed by atoms with E-state index in [0.29, 0.717) is 29.4 Å². The molecule has 3 rings (SSSR count). The third-order valence-corrected chi connectivity index (χ3v) is 5.65. The smallest absolute Gasteiger partial charge is 0.336 e. The highest BCUT2D eigenvalue weighted by Gasteiger charge is 2.19. The number of carboxylic acids is 1. The molecule has 0 atom stereocenters. The second kappa shape index (κ2) is 9.54. The lowest BCUT2D eigenvalue weighted by Crippen LogP contribution is -2.39. The van der Waals surface area contributed by atoms with E-state index in [2.05, 4.69) is 10.2 Å². The Morgan fingerprint density at radius 3 is 2.57 bits per heavy atom. The number of nitrogen functional groups attached to an aromatic ring is 1. The van der Waals surface area contributed by atoms with E-state index in [9.17, 15) is 9.90 Å². The number of nitrogens with one attached hydrogen (secondary N) is 3. The fraction of sp³-hybridized carbons (Fsp3) is 0.348. The number of carboxylic acid groups (broad SMARTS) is 1. The van der Waals surface area contributed by atoms with Gasteiger partial charge in [-0.15, -0.1) is 0 Å². The first-order valence-corrected chi connectivity index (χ1v) is 10.2. The van der Waals surface area contributed by atoms with Crippen molar-refractivity contribution in [3.63, 3.8) is 0 Å². The zero-order chi connectivity index (χ0) is 21.7. The number of likely N-dealkylation sites (tertiary alicyclic amines) is 1. The van der Waals surface area contributed by atoms with Crippen molar-refractivity contribution in [3.05, 3.63) is 59.2 Å². The molecular formula is C23H29N5O2. The quantitative estimate of drug-likeness (QED) is 0.356. The van der Waals surface area contributed by atoms with Crippen LogP contribution in [0.4, 0.5) is 0 Å². The lowest BCUT2D eigenvalue weighted by molar-refractivity contribution is 0.0697. The molecule has 0 radical (unpaired) electrons. The Bertz CT molecular complexity index is 948. The van der Waals surface area contributed by atoms with Crippen molar-refractivity contribution in [1.29, 1.82) is 10.8 Å². The van der Waals surface area contributed by atoms with Crippen LogP contribution in [0, 0.1) is 16.7 Å². The van der Waals surface area contributed by atoms with Crippen LogP contribution in [0.25, 0.3) is 11.1 Å². The average molecular weight is 408 g/mol. The highest BCUT2D eigenvalue weighted by molar-refractivity contribution is 5.99. The third-order valence-electron chi connectivity index (χ3n) is 5.65. The normalized spacial score (nSPS) is 14.5. The van der Waals surface area contributed by atoms with Crippen molar-refractivity contribution in [2.24, 2.45) is 11.7 Å². The summed E-state index contributed by atoms with van der Waals surface area (Å²) >= 11 is 0. The topological polar surface area (TPSA) is 126 Å². The van der Waals surface area contributed by atoms with Crippen LogP contribution in [0.3, 0.4) is 0 Å². The second-order valence-corrected chi connectivity index (χ2v) is 7.83. The van der Waals surface area contributed by atoms with Gasteiger partial charge >= 0.3 is 5.97 Å². The monoisotopic (exact) mass is 407 g/mol. The molecule has 0 bridgehead atoms. The van der Waals surface area contributed by atoms with Crippen LogP contribution < -0.4 is 11.1 Å². The Morgan fingerprint density at radius 1 is 1.20 bits per heavy atom. The zero-order valence-corrected chi connectivity index (χ0v) is 17.2. The van der Waals surface area contributed by atoms with E-state index in [1.54, 1.807) is 24.3 Å². The summed E-state index contributed by atoms with van der Waals surface area (Å²) < 4.78 is 0. The first-order chi connectivity index (χ1) is 14.3. The molecule has 1 fully saturated rings. The van der Waals surface area contributed by atoms with E-state index in [1.165, 1.54) is 0 Å². The van der Waals surface area contributed by atoms with Crippen LogP contribution in [0.5, 0.6) is 0 Å². The lowest BCUT2D eigenvalue weighted by atomic mass is 9.95. The van der Waals surface area contributed by atoms with Gasteiger partial charge < -0.3 is 21.1 Å². The molecule has 6 N–H and O–H groups in total. The van der Waals surface area contributed by atoms with Crippen molar-refractivity contribution in [3.8, 4) is 11.1 Å². The Balaban J connectivity index is 1.66. The number of carbonyl (C=O) groups is 1. The van der Waals surface area contributed by atoms with Crippen molar-refractivity contribution < 1.29 is 9.90 Å². The SMILES string of the molecule is CC(=N)N1CCC(CNCc2ccc(-c3cccc(C(=N)N)c3)c(C(=O)O)c2)CC1. The van der Waals surface area contributed by atoms with Crippen molar-refractivity contribution in [2.45, 2.75) is 26.3 Å². The molecule has 1 heterocycles. The molecule has 1 aliphatic rings. The summed E-state index contributed by atoms with van der Waals surface area (Å²) in [4.78, 5) is 14.0. The number of hydrogen-bond acceptors (Lipinski definition) is 4. The maximum atomic E-state index is 11.9. The van der Waals surface area contributed by atoms with Gasteiger partial charge in [-0.2, -0.15) is 0 Å². The summed E-state index contributed by atoms with van der Waals surface area (Å²) in [5.41, 5.74) is 8.64. The van der Waals surface area contributed by atoms with Gasteiger partial charge in [0.05, 0.1) is 11.4 Å². The first kappa shape index (κ1) is 21.5. The van der Waals surface area contributed by atoms with Crippen LogP contribution in [0.1, 0.15) is 41.3 Å². The van der Waals surface area contributed by atoms with Crippen LogP contribution >= 0.6 is 0 Å². The molecule has 0 saturated carbocycles. The van der Waals surface area contributed by atoms with Gasteiger partial charge in [0, 0.05) is 25.2 Å². The molecule has 0 unspecified atom stereocenters. The van der Waals surface area contributed by atoms with E-state index in [1.807, 2.05) is 25.1 Å². The fourth-order valence-corrected chi connectivity index (χ4v) is 3.88. The van der Waals surface area contributed by atoms with E-state index >= 15 is 0 Å². The highest BCUT2D eigenvalue weighted by atomic mass is 16.4. The van der Waals surface area contributed by atoms with Crippen LogP contribution in [0.15, 0.2) is 42.5 Å². The Hall–Kier alpha value is -3.19. The predicted molar refractivity (Wildman–Crippen MR) is 119 cm³/mol. The van der Waals surface area contributed by atoms with E-state index in [4.69, 9.17) is 16.6 Å². The zero-order valence-electron chi connectivity index (χ0n) is 17.2. The fourth-order valence-electron chi connectivity index (χ4n) is 3.88.